The number of carbonyl (C=O) groups excluding carboxylic acids is 2. The molecule has 0 bridgehead atoms. The molecule has 1 aliphatic carbocycles. The molecule has 1 aromatic heterocycles. The highest BCUT2D eigenvalue weighted by molar-refractivity contribution is 5.83. The quantitative estimate of drug-likeness (QED) is 0.730. The van der Waals surface area contributed by atoms with Crippen molar-refractivity contribution in [3.63, 3.8) is 0 Å². The number of aryl methyl sites for hydroxylation is 1. The number of nitrogens with zero attached hydrogens (tertiary/aromatic N) is 3. The molecule has 2 amide bonds. The summed E-state index contributed by atoms with van der Waals surface area (Å²) in [6.45, 7) is 3.38. The number of aromatic nitrogens is 1. The molecule has 6 nitrogen and oxygen atoms in total. The first kappa shape index (κ1) is 21.3. The minimum atomic E-state index is 0.0558. The molecule has 2 aliphatic heterocycles. The summed E-state index contributed by atoms with van der Waals surface area (Å²) in [4.78, 5) is 34.0. The first-order chi connectivity index (χ1) is 14.6. The molecule has 0 aromatic carbocycles. The predicted molar refractivity (Wildman–Crippen MR) is 117 cm³/mol. The smallest absolute Gasteiger partial charge is 0.239 e. The number of hydrogen-bond acceptors (Lipinski definition) is 4. The van der Waals surface area contributed by atoms with Crippen LogP contribution < -0.4 is 5.32 Å². The van der Waals surface area contributed by atoms with Crippen molar-refractivity contribution in [3.8, 4) is 0 Å². The number of likely N-dealkylation sites (tertiary alicyclic amines) is 2. The molecule has 1 saturated carbocycles. The fourth-order valence-electron chi connectivity index (χ4n) is 5.39. The Balaban J connectivity index is 1.19. The van der Waals surface area contributed by atoms with Crippen molar-refractivity contribution in [1.82, 2.24) is 20.1 Å². The minimum Gasteiger partial charge on any atom is -0.356 e. The van der Waals surface area contributed by atoms with Crippen molar-refractivity contribution < 1.29 is 9.59 Å². The van der Waals surface area contributed by atoms with Crippen LogP contribution in [0.15, 0.2) is 24.5 Å². The standard InChI is InChI=1S/C24H36N4O2/c1-27-15-4-2-3-7-21(27)23(30)28-16-10-24(11-17-28)18-20(24)22(29)26-12-5-6-19-8-13-25-14-9-19/h8-9,13-14,20-21H,2-7,10-12,15-18H2,1H3,(H,26,29)/t20-,21-/m0/s1. The van der Waals surface area contributed by atoms with Crippen LogP contribution in [0.5, 0.6) is 0 Å². The van der Waals surface area contributed by atoms with Crippen molar-refractivity contribution in [2.24, 2.45) is 11.3 Å². The third-order valence-electron chi connectivity index (χ3n) is 7.57. The molecular formula is C24H36N4O2. The van der Waals surface area contributed by atoms with Gasteiger partial charge in [0, 0.05) is 37.9 Å². The molecule has 0 unspecified atom stereocenters. The third kappa shape index (κ3) is 4.85. The van der Waals surface area contributed by atoms with E-state index in [0.29, 0.717) is 5.91 Å². The van der Waals surface area contributed by atoms with Gasteiger partial charge in [0.25, 0.3) is 0 Å². The van der Waals surface area contributed by atoms with Crippen molar-refractivity contribution in [2.45, 2.75) is 63.8 Å². The Bertz CT molecular complexity index is 730. The summed E-state index contributed by atoms with van der Waals surface area (Å²) in [7, 11) is 2.09. The Labute approximate surface area is 180 Å². The van der Waals surface area contributed by atoms with Crippen LogP contribution in [0.25, 0.3) is 0 Å². The van der Waals surface area contributed by atoms with Crippen molar-refractivity contribution in [3.05, 3.63) is 30.1 Å². The van der Waals surface area contributed by atoms with Gasteiger partial charge in [-0.05, 0) is 81.6 Å². The second-order valence-corrected chi connectivity index (χ2v) is 9.54. The van der Waals surface area contributed by atoms with Crippen LogP contribution in [0, 0.1) is 11.3 Å². The number of hydrogen-bond donors (Lipinski definition) is 1. The normalized spacial score (nSPS) is 26.2. The monoisotopic (exact) mass is 412 g/mol. The van der Waals surface area contributed by atoms with Crippen molar-refractivity contribution in [2.75, 3.05) is 33.2 Å². The van der Waals surface area contributed by atoms with Gasteiger partial charge in [-0.3, -0.25) is 19.5 Å². The zero-order chi connectivity index (χ0) is 21.0. The van der Waals surface area contributed by atoms with E-state index in [2.05, 4.69) is 27.1 Å². The van der Waals surface area contributed by atoms with Crippen LogP contribution >= 0.6 is 0 Å². The molecule has 1 spiro atoms. The van der Waals surface area contributed by atoms with Gasteiger partial charge in [0.1, 0.15) is 0 Å². The lowest BCUT2D eigenvalue weighted by Crippen LogP contribution is -2.50. The van der Waals surface area contributed by atoms with Crippen molar-refractivity contribution >= 4 is 11.8 Å². The zero-order valence-electron chi connectivity index (χ0n) is 18.3. The van der Waals surface area contributed by atoms with Gasteiger partial charge in [0.2, 0.25) is 11.8 Å². The summed E-state index contributed by atoms with van der Waals surface area (Å²) in [5, 5.41) is 3.14. The van der Waals surface area contributed by atoms with Gasteiger partial charge >= 0.3 is 0 Å². The van der Waals surface area contributed by atoms with Gasteiger partial charge in [-0.1, -0.05) is 12.8 Å². The van der Waals surface area contributed by atoms with E-state index in [4.69, 9.17) is 0 Å². The van der Waals surface area contributed by atoms with Gasteiger partial charge < -0.3 is 10.2 Å². The maximum Gasteiger partial charge on any atom is 0.239 e. The van der Waals surface area contributed by atoms with Crippen LogP contribution in [0.3, 0.4) is 0 Å². The molecule has 2 atom stereocenters. The molecule has 3 heterocycles. The number of likely N-dealkylation sites (N-methyl/N-ethyl adjacent to an activating group) is 1. The summed E-state index contributed by atoms with van der Waals surface area (Å²) in [5.41, 5.74) is 1.42. The van der Waals surface area contributed by atoms with E-state index in [1.54, 1.807) is 0 Å². The van der Waals surface area contributed by atoms with E-state index in [-0.39, 0.29) is 23.3 Å². The number of pyridine rings is 1. The van der Waals surface area contributed by atoms with Crippen LogP contribution in [-0.4, -0.2) is 65.9 Å². The molecule has 1 N–H and O–H groups in total. The van der Waals surface area contributed by atoms with Gasteiger partial charge in [-0.15, -0.1) is 0 Å². The number of rotatable bonds is 6. The van der Waals surface area contributed by atoms with Gasteiger partial charge in [0.15, 0.2) is 0 Å². The second kappa shape index (κ2) is 9.46. The maximum atomic E-state index is 13.1. The maximum absolute atomic E-state index is 13.1. The Morgan fingerprint density at radius 3 is 2.67 bits per heavy atom. The first-order valence-corrected chi connectivity index (χ1v) is 11.7. The molecule has 4 rings (SSSR count). The highest BCUT2D eigenvalue weighted by atomic mass is 16.2. The summed E-state index contributed by atoms with van der Waals surface area (Å²) >= 11 is 0. The van der Waals surface area contributed by atoms with Crippen LogP contribution in [0.1, 0.15) is 56.9 Å². The molecule has 1 aromatic rings. The molecule has 30 heavy (non-hydrogen) atoms. The summed E-state index contributed by atoms with van der Waals surface area (Å²) in [6.07, 6.45) is 13.1. The Morgan fingerprint density at radius 2 is 1.90 bits per heavy atom. The van der Waals surface area contributed by atoms with E-state index in [0.717, 1.165) is 71.1 Å². The fraction of sp³-hybridized carbons (Fsp3) is 0.708. The lowest BCUT2D eigenvalue weighted by atomic mass is 9.90. The number of nitrogens with one attached hydrogen (secondary N) is 1. The van der Waals surface area contributed by atoms with E-state index >= 15 is 0 Å². The van der Waals surface area contributed by atoms with E-state index in [1.165, 1.54) is 18.4 Å². The third-order valence-corrected chi connectivity index (χ3v) is 7.57. The number of amides is 2. The Kier molecular flexibility index (Phi) is 6.71. The average molecular weight is 413 g/mol. The van der Waals surface area contributed by atoms with E-state index in [1.807, 2.05) is 24.5 Å². The first-order valence-electron chi connectivity index (χ1n) is 11.7. The van der Waals surface area contributed by atoms with Gasteiger partial charge in [-0.2, -0.15) is 0 Å². The van der Waals surface area contributed by atoms with E-state index < -0.39 is 0 Å². The van der Waals surface area contributed by atoms with Crippen LogP contribution in [0.4, 0.5) is 0 Å². The highest BCUT2D eigenvalue weighted by Gasteiger charge is 2.58. The highest BCUT2D eigenvalue weighted by Crippen LogP contribution is 2.59. The van der Waals surface area contributed by atoms with Crippen LogP contribution in [-0.2, 0) is 16.0 Å². The largest absolute Gasteiger partial charge is 0.356 e. The lowest BCUT2D eigenvalue weighted by Gasteiger charge is -2.37. The molecular weight excluding hydrogens is 376 g/mol. The Morgan fingerprint density at radius 1 is 1.13 bits per heavy atom. The molecule has 2 saturated heterocycles. The summed E-state index contributed by atoms with van der Waals surface area (Å²) in [6, 6.07) is 4.11. The summed E-state index contributed by atoms with van der Waals surface area (Å²) in [5.74, 6) is 0.677. The molecule has 6 heteroatoms. The van der Waals surface area contributed by atoms with Gasteiger partial charge in [-0.25, -0.2) is 0 Å². The minimum absolute atomic E-state index is 0.0558. The summed E-state index contributed by atoms with van der Waals surface area (Å²) < 4.78 is 0. The van der Waals surface area contributed by atoms with Crippen LogP contribution in [0.2, 0.25) is 0 Å². The van der Waals surface area contributed by atoms with Gasteiger partial charge in [0.05, 0.1) is 6.04 Å². The zero-order valence-corrected chi connectivity index (χ0v) is 18.3. The number of piperidine rings is 1. The SMILES string of the molecule is CN1CCCCC[C@H]1C(=O)N1CCC2(CC1)C[C@H]2C(=O)NCCCc1ccncc1. The second-order valence-electron chi connectivity index (χ2n) is 9.54. The fourth-order valence-corrected chi connectivity index (χ4v) is 5.39. The average Bonchev–Trinajstić information content (AvgIpc) is 3.51. The molecule has 3 aliphatic rings. The number of carbonyl (C=O) groups is 2. The lowest BCUT2D eigenvalue weighted by molar-refractivity contribution is -0.138. The molecule has 3 fully saturated rings. The Hall–Kier alpha value is -1.95. The molecule has 0 radical (unpaired) electrons. The van der Waals surface area contributed by atoms with E-state index in [9.17, 15) is 9.59 Å². The predicted octanol–water partition coefficient (Wildman–Crippen LogP) is 2.63. The topological polar surface area (TPSA) is 65.5 Å². The molecule has 164 valence electrons. The van der Waals surface area contributed by atoms with Crippen molar-refractivity contribution in [1.29, 1.82) is 0 Å².